The van der Waals surface area contributed by atoms with E-state index in [1.807, 2.05) is 42.0 Å². The average molecular weight is 445 g/mol. The standard InChI is InChI=1S/C21H24N4O3S2/c1-16-22-10-12-25(16)19-8-6-17(7-9-19)14-23-21(26)18-4-2-11-24(15-18)30(27,28)20-5-3-13-29-20/h3,5-10,12-13,18H,2,4,11,14-15H2,1H3,(H,23,26)/t18-/m0/s1. The van der Waals surface area contributed by atoms with Gasteiger partial charge in [-0.1, -0.05) is 18.2 Å². The van der Waals surface area contributed by atoms with E-state index in [4.69, 9.17) is 0 Å². The number of carbonyl (C=O) groups is 1. The van der Waals surface area contributed by atoms with E-state index in [2.05, 4.69) is 10.3 Å². The minimum atomic E-state index is -3.52. The van der Waals surface area contributed by atoms with Crippen molar-refractivity contribution in [3.63, 3.8) is 0 Å². The van der Waals surface area contributed by atoms with Crippen LogP contribution in [0.4, 0.5) is 0 Å². The van der Waals surface area contributed by atoms with Crippen LogP contribution in [0.25, 0.3) is 5.69 Å². The lowest BCUT2D eigenvalue weighted by atomic mass is 9.99. The van der Waals surface area contributed by atoms with Crippen molar-refractivity contribution < 1.29 is 13.2 Å². The summed E-state index contributed by atoms with van der Waals surface area (Å²) in [7, 11) is -3.52. The highest BCUT2D eigenvalue weighted by Crippen LogP contribution is 2.26. The molecule has 7 nitrogen and oxygen atoms in total. The Morgan fingerprint density at radius 2 is 2.07 bits per heavy atom. The molecule has 1 aliphatic rings. The Labute approximate surface area is 180 Å². The summed E-state index contributed by atoms with van der Waals surface area (Å²) in [6.07, 6.45) is 5.05. The number of carbonyl (C=O) groups excluding carboxylic acids is 1. The van der Waals surface area contributed by atoms with Gasteiger partial charge in [0.05, 0.1) is 5.92 Å². The Morgan fingerprint density at radius 3 is 2.73 bits per heavy atom. The smallest absolute Gasteiger partial charge is 0.252 e. The van der Waals surface area contributed by atoms with Gasteiger partial charge in [0, 0.05) is 37.7 Å². The summed E-state index contributed by atoms with van der Waals surface area (Å²) < 4.78 is 29.3. The quantitative estimate of drug-likeness (QED) is 0.634. The van der Waals surface area contributed by atoms with E-state index in [9.17, 15) is 13.2 Å². The van der Waals surface area contributed by atoms with E-state index in [1.165, 1.54) is 15.6 Å². The van der Waals surface area contributed by atoms with Gasteiger partial charge in [-0.15, -0.1) is 11.3 Å². The van der Waals surface area contributed by atoms with Crippen molar-refractivity contribution in [2.24, 2.45) is 5.92 Å². The molecule has 0 spiro atoms. The summed E-state index contributed by atoms with van der Waals surface area (Å²) in [4.78, 5) is 16.9. The summed E-state index contributed by atoms with van der Waals surface area (Å²) in [5.41, 5.74) is 2.01. The van der Waals surface area contributed by atoms with Gasteiger partial charge in [-0.3, -0.25) is 4.79 Å². The number of nitrogens with zero attached hydrogens (tertiary/aromatic N) is 3. The third kappa shape index (κ3) is 4.33. The molecule has 3 heterocycles. The lowest BCUT2D eigenvalue weighted by Crippen LogP contribution is -2.45. The van der Waals surface area contributed by atoms with Crippen LogP contribution in [0.2, 0.25) is 0 Å². The van der Waals surface area contributed by atoms with Gasteiger partial charge in [0.1, 0.15) is 10.0 Å². The van der Waals surface area contributed by atoms with Gasteiger partial charge in [0.15, 0.2) is 0 Å². The Balaban J connectivity index is 1.35. The van der Waals surface area contributed by atoms with Crippen LogP contribution in [0.5, 0.6) is 0 Å². The molecule has 158 valence electrons. The molecule has 0 radical (unpaired) electrons. The lowest BCUT2D eigenvalue weighted by Gasteiger charge is -2.30. The van der Waals surface area contributed by atoms with Crippen LogP contribution in [0.1, 0.15) is 24.2 Å². The zero-order valence-electron chi connectivity index (χ0n) is 16.7. The maximum Gasteiger partial charge on any atom is 0.252 e. The summed E-state index contributed by atoms with van der Waals surface area (Å²) in [6.45, 7) is 3.04. The molecule has 9 heteroatoms. The number of benzene rings is 1. The molecule has 1 atom stereocenters. The van der Waals surface area contributed by atoms with Crippen LogP contribution in [0.15, 0.2) is 58.4 Å². The van der Waals surface area contributed by atoms with Crippen LogP contribution < -0.4 is 5.32 Å². The Bertz CT molecular complexity index is 1110. The van der Waals surface area contributed by atoms with Crippen LogP contribution in [-0.2, 0) is 21.4 Å². The van der Waals surface area contributed by atoms with Gasteiger partial charge in [-0.05, 0) is 48.9 Å². The molecule has 1 amide bonds. The van der Waals surface area contributed by atoms with Crippen LogP contribution in [0.3, 0.4) is 0 Å². The van der Waals surface area contributed by atoms with Gasteiger partial charge < -0.3 is 9.88 Å². The molecule has 0 bridgehead atoms. The van der Waals surface area contributed by atoms with Gasteiger partial charge in [-0.25, -0.2) is 13.4 Å². The number of aryl methyl sites for hydroxylation is 1. The van der Waals surface area contributed by atoms with Crippen molar-refractivity contribution >= 4 is 27.3 Å². The molecule has 0 unspecified atom stereocenters. The van der Waals surface area contributed by atoms with Crippen molar-refractivity contribution in [3.05, 3.63) is 65.6 Å². The fourth-order valence-electron chi connectivity index (χ4n) is 3.67. The molecule has 30 heavy (non-hydrogen) atoms. The minimum absolute atomic E-state index is 0.101. The Hall–Kier alpha value is -2.49. The zero-order valence-corrected chi connectivity index (χ0v) is 18.3. The molecule has 1 saturated heterocycles. The summed E-state index contributed by atoms with van der Waals surface area (Å²) in [6, 6.07) is 11.3. The third-order valence-electron chi connectivity index (χ3n) is 5.35. The molecule has 2 aromatic heterocycles. The monoisotopic (exact) mass is 444 g/mol. The molecule has 0 aliphatic carbocycles. The predicted octanol–water partition coefficient (Wildman–Crippen LogP) is 2.96. The zero-order chi connectivity index (χ0) is 21.1. The van der Waals surface area contributed by atoms with Gasteiger partial charge in [0.25, 0.3) is 10.0 Å². The molecule has 0 saturated carbocycles. The van der Waals surface area contributed by atoms with E-state index in [-0.39, 0.29) is 18.4 Å². The first-order valence-electron chi connectivity index (χ1n) is 9.86. The predicted molar refractivity (Wildman–Crippen MR) is 116 cm³/mol. The average Bonchev–Trinajstić information content (AvgIpc) is 3.45. The highest BCUT2D eigenvalue weighted by molar-refractivity contribution is 7.91. The van der Waals surface area contributed by atoms with Crippen molar-refractivity contribution in [2.75, 3.05) is 13.1 Å². The summed E-state index contributed by atoms with van der Waals surface area (Å²) in [5, 5.41) is 4.71. The summed E-state index contributed by atoms with van der Waals surface area (Å²) in [5.74, 6) is 0.479. The van der Waals surface area contributed by atoms with Crippen LogP contribution in [-0.4, -0.2) is 41.3 Å². The fourth-order valence-corrected chi connectivity index (χ4v) is 6.34. The number of nitrogens with one attached hydrogen (secondary N) is 1. The maximum atomic E-state index is 12.7. The maximum absolute atomic E-state index is 12.7. The Morgan fingerprint density at radius 1 is 1.27 bits per heavy atom. The first-order valence-corrected chi connectivity index (χ1v) is 12.2. The van der Waals surface area contributed by atoms with Gasteiger partial charge in [-0.2, -0.15) is 4.31 Å². The van der Waals surface area contributed by atoms with E-state index < -0.39 is 10.0 Å². The molecule has 1 aromatic carbocycles. The van der Waals surface area contributed by atoms with E-state index in [0.29, 0.717) is 30.1 Å². The van der Waals surface area contributed by atoms with Crippen LogP contribution >= 0.6 is 11.3 Å². The number of thiophene rings is 1. The highest BCUT2D eigenvalue weighted by Gasteiger charge is 2.33. The molecular weight excluding hydrogens is 420 g/mol. The van der Waals surface area contributed by atoms with Gasteiger partial charge >= 0.3 is 0 Å². The van der Waals surface area contributed by atoms with E-state index >= 15 is 0 Å². The van der Waals surface area contributed by atoms with E-state index in [1.54, 1.807) is 23.7 Å². The fraction of sp³-hybridized carbons (Fsp3) is 0.333. The first-order chi connectivity index (χ1) is 14.4. The number of amides is 1. The van der Waals surface area contributed by atoms with Crippen molar-refractivity contribution in [1.29, 1.82) is 0 Å². The number of rotatable bonds is 6. The van der Waals surface area contributed by atoms with Crippen molar-refractivity contribution in [1.82, 2.24) is 19.2 Å². The molecule has 3 aromatic rings. The summed E-state index contributed by atoms with van der Waals surface area (Å²) >= 11 is 1.21. The topological polar surface area (TPSA) is 84.3 Å². The number of piperidine rings is 1. The molecule has 1 fully saturated rings. The third-order valence-corrected chi connectivity index (χ3v) is 8.59. The second kappa shape index (κ2) is 8.71. The number of aromatic nitrogens is 2. The lowest BCUT2D eigenvalue weighted by molar-refractivity contribution is -0.126. The number of hydrogen-bond acceptors (Lipinski definition) is 5. The largest absolute Gasteiger partial charge is 0.352 e. The van der Waals surface area contributed by atoms with E-state index in [0.717, 1.165) is 17.1 Å². The second-order valence-electron chi connectivity index (χ2n) is 7.36. The first kappa shape index (κ1) is 20.8. The van der Waals surface area contributed by atoms with Crippen molar-refractivity contribution in [3.8, 4) is 5.69 Å². The number of imidazole rings is 1. The van der Waals surface area contributed by atoms with Crippen molar-refractivity contribution in [2.45, 2.75) is 30.5 Å². The second-order valence-corrected chi connectivity index (χ2v) is 10.5. The Kier molecular flexibility index (Phi) is 6.03. The minimum Gasteiger partial charge on any atom is -0.352 e. The molecule has 1 aliphatic heterocycles. The number of hydrogen-bond donors (Lipinski definition) is 1. The molecular formula is C21H24N4O3S2. The van der Waals surface area contributed by atoms with Gasteiger partial charge in [0.2, 0.25) is 5.91 Å². The normalized spacial score (nSPS) is 17.7. The SMILES string of the molecule is Cc1nccn1-c1ccc(CNC(=O)[C@H]2CCCN(S(=O)(=O)c3cccs3)C2)cc1. The molecule has 1 N–H and O–H groups in total. The molecule has 4 rings (SSSR count). The number of sulfonamides is 1. The van der Waals surface area contributed by atoms with Crippen LogP contribution in [0, 0.1) is 12.8 Å². The highest BCUT2D eigenvalue weighted by atomic mass is 32.2.